The van der Waals surface area contributed by atoms with Crippen LogP contribution in [0.3, 0.4) is 0 Å². The molecule has 0 unspecified atom stereocenters. The van der Waals surface area contributed by atoms with Crippen molar-refractivity contribution in [3.8, 4) is 12.1 Å². The maximum absolute atomic E-state index is 12.9. The van der Waals surface area contributed by atoms with Crippen LogP contribution >= 0.6 is 0 Å². The SMILES string of the molecule is CC1(C)C=C2NC(=O)C[C@H](c3ccc(N(CCC#N)CCC#N)cc3)[C@@H]2C(=O)C1. The number of allylic oxidation sites excluding steroid dienone is 2. The second-order valence-electron chi connectivity index (χ2n) is 8.46. The van der Waals surface area contributed by atoms with Gasteiger partial charge in [0.15, 0.2) is 0 Å². The summed E-state index contributed by atoms with van der Waals surface area (Å²) in [6.45, 7) is 5.14. The highest BCUT2D eigenvalue weighted by Crippen LogP contribution is 2.43. The van der Waals surface area contributed by atoms with Crippen molar-refractivity contribution in [2.75, 3.05) is 18.0 Å². The van der Waals surface area contributed by atoms with Crippen LogP contribution in [0.4, 0.5) is 5.69 Å². The van der Waals surface area contributed by atoms with Crippen LogP contribution in [0.15, 0.2) is 36.0 Å². The summed E-state index contributed by atoms with van der Waals surface area (Å²) in [6, 6.07) is 12.1. The van der Waals surface area contributed by atoms with Crippen molar-refractivity contribution in [3.63, 3.8) is 0 Å². The molecule has 2 atom stereocenters. The second-order valence-corrected chi connectivity index (χ2v) is 8.46. The molecule has 1 aliphatic heterocycles. The van der Waals surface area contributed by atoms with E-state index in [4.69, 9.17) is 10.5 Å². The number of Topliss-reactive ketones (excluding diaryl/α,β-unsaturated/α-hetero) is 1. The number of nitrogens with zero attached hydrogens (tertiary/aromatic N) is 3. The zero-order chi connectivity index (χ0) is 21.0. The van der Waals surface area contributed by atoms with E-state index in [1.165, 1.54) is 0 Å². The van der Waals surface area contributed by atoms with Gasteiger partial charge in [-0.25, -0.2) is 0 Å². The maximum atomic E-state index is 12.9. The molecule has 0 aromatic heterocycles. The molecule has 29 heavy (non-hydrogen) atoms. The minimum atomic E-state index is -0.306. The quantitative estimate of drug-likeness (QED) is 0.803. The predicted octanol–water partition coefficient (Wildman–Crippen LogP) is 3.42. The number of piperidine rings is 1. The Kier molecular flexibility index (Phi) is 6.03. The van der Waals surface area contributed by atoms with Crippen LogP contribution in [0.2, 0.25) is 0 Å². The van der Waals surface area contributed by atoms with Crippen LogP contribution in [0, 0.1) is 34.0 Å². The first kappa shape index (κ1) is 20.6. The van der Waals surface area contributed by atoms with Crippen LogP contribution in [0.25, 0.3) is 0 Å². The first-order chi connectivity index (χ1) is 13.8. The molecule has 0 spiro atoms. The molecule has 1 aliphatic carbocycles. The van der Waals surface area contributed by atoms with Gasteiger partial charge in [-0.15, -0.1) is 0 Å². The fraction of sp³-hybridized carbons (Fsp3) is 0.478. The van der Waals surface area contributed by atoms with E-state index in [9.17, 15) is 9.59 Å². The lowest BCUT2D eigenvalue weighted by atomic mass is 9.68. The number of anilines is 1. The molecule has 150 valence electrons. The van der Waals surface area contributed by atoms with E-state index >= 15 is 0 Å². The number of rotatable bonds is 6. The number of fused-ring (bicyclic) bond motifs is 1. The molecule has 1 aromatic carbocycles. The summed E-state index contributed by atoms with van der Waals surface area (Å²) < 4.78 is 0. The summed E-state index contributed by atoms with van der Waals surface area (Å²) in [5.41, 5.74) is 2.39. The highest BCUT2D eigenvalue weighted by Gasteiger charge is 2.43. The molecule has 1 amide bonds. The van der Waals surface area contributed by atoms with Crippen LogP contribution < -0.4 is 10.2 Å². The zero-order valence-electron chi connectivity index (χ0n) is 16.9. The van der Waals surface area contributed by atoms with Gasteiger partial charge in [0, 0.05) is 43.2 Å². The number of hydrogen-bond donors (Lipinski definition) is 1. The Morgan fingerprint density at radius 3 is 2.31 bits per heavy atom. The summed E-state index contributed by atoms with van der Waals surface area (Å²) >= 11 is 0. The number of ketones is 1. The minimum Gasteiger partial charge on any atom is -0.369 e. The third-order valence-electron chi connectivity index (χ3n) is 5.62. The highest BCUT2D eigenvalue weighted by molar-refractivity contribution is 5.92. The molecule has 3 rings (SSSR count). The first-order valence-electron chi connectivity index (χ1n) is 9.99. The normalized spacial score (nSPS) is 22.6. The van der Waals surface area contributed by atoms with Crippen molar-refractivity contribution < 1.29 is 9.59 Å². The van der Waals surface area contributed by atoms with Gasteiger partial charge < -0.3 is 10.2 Å². The molecule has 2 aliphatic rings. The van der Waals surface area contributed by atoms with Crippen molar-refractivity contribution in [1.82, 2.24) is 5.32 Å². The Labute approximate surface area is 171 Å². The van der Waals surface area contributed by atoms with Crippen molar-refractivity contribution >= 4 is 17.4 Å². The number of amides is 1. The molecule has 1 aromatic rings. The summed E-state index contributed by atoms with van der Waals surface area (Å²) in [6.07, 6.45) is 3.57. The lowest BCUT2D eigenvalue weighted by Crippen LogP contribution is -2.45. The largest absolute Gasteiger partial charge is 0.369 e. The maximum Gasteiger partial charge on any atom is 0.224 e. The highest BCUT2D eigenvalue weighted by atomic mass is 16.2. The Morgan fingerprint density at radius 1 is 1.10 bits per heavy atom. The molecule has 0 bridgehead atoms. The molecule has 0 radical (unpaired) electrons. The molecule has 1 heterocycles. The number of carbonyl (C=O) groups is 2. The van der Waals surface area contributed by atoms with E-state index < -0.39 is 0 Å². The van der Waals surface area contributed by atoms with Crippen LogP contribution in [-0.4, -0.2) is 24.8 Å². The fourth-order valence-corrected chi connectivity index (χ4v) is 4.36. The van der Waals surface area contributed by atoms with E-state index in [1.54, 1.807) is 0 Å². The van der Waals surface area contributed by atoms with Crippen LogP contribution in [0.1, 0.15) is 51.0 Å². The van der Waals surface area contributed by atoms with Gasteiger partial charge in [0.1, 0.15) is 5.78 Å². The smallest absolute Gasteiger partial charge is 0.224 e. The second kappa shape index (κ2) is 8.49. The molecular formula is C23H26N4O2. The van der Waals surface area contributed by atoms with Crippen LogP contribution in [0.5, 0.6) is 0 Å². The number of nitrogens with one attached hydrogen (secondary N) is 1. The molecule has 6 nitrogen and oxygen atoms in total. The Bertz CT molecular complexity index is 884. The van der Waals surface area contributed by atoms with Gasteiger partial charge in [-0.2, -0.15) is 10.5 Å². The zero-order valence-corrected chi connectivity index (χ0v) is 16.9. The summed E-state index contributed by atoms with van der Waals surface area (Å²) in [7, 11) is 0. The average Bonchev–Trinajstić information content (AvgIpc) is 2.66. The van der Waals surface area contributed by atoms with E-state index in [0.717, 1.165) is 16.9 Å². The molecule has 6 heteroatoms. The number of hydrogen-bond acceptors (Lipinski definition) is 5. The molecule has 1 saturated heterocycles. The van der Waals surface area contributed by atoms with Crippen molar-refractivity contribution in [2.24, 2.45) is 11.3 Å². The topological polar surface area (TPSA) is 97.0 Å². The standard InChI is InChI=1S/C23H26N4O2/c1-23(2)14-19-22(20(28)15-23)18(13-21(29)26-19)16-5-7-17(8-6-16)27(11-3-9-24)12-4-10-25/h5-8,14,18,22H,3-4,11-13,15H2,1-2H3,(H,26,29)/t18-,22+/m1/s1. The Hall–Kier alpha value is -3.12. The van der Waals surface area contributed by atoms with Gasteiger partial charge in [-0.1, -0.05) is 32.1 Å². The van der Waals surface area contributed by atoms with E-state index in [0.29, 0.717) is 38.8 Å². The third kappa shape index (κ3) is 4.66. The monoisotopic (exact) mass is 390 g/mol. The average molecular weight is 390 g/mol. The summed E-state index contributed by atoms with van der Waals surface area (Å²) in [5, 5.41) is 20.7. The number of benzene rings is 1. The lowest BCUT2D eigenvalue weighted by molar-refractivity contribution is -0.128. The van der Waals surface area contributed by atoms with Crippen molar-refractivity contribution in [3.05, 3.63) is 41.6 Å². The van der Waals surface area contributed by atoms with Gasteiger partial charge in [-0.3, -0.25) is 9.59 Å². The van der Waals surface area contributed by atoms with Crippen molar-refractivity contribution in [1.29, 1.82) is 10.5 Å². The number of carbonyl (C=O) groups excluding carboxylic acids is 2. The van der Waals surface area contributed by atoms with Gasteiger partial charge in [0.05, 0.1) is 30.9 Å². The van der Waals surface area contributed by atoms with Gasteiger partial charge in [-0.05, 0) is 23.1 Å². The third-order valence-corrected chi connectivity index (χ3v) is 5.62. The van der Waals surface area contributed by atoms with E-state index in [2.05, 4.69) is 17.5 Å². The van der Waals surface area contributed by atoms with E-state index in [1.807, 2.05) is 49.1 Å². The number of nitriles is 2. The van der Waals surface area contributed by atoms with Gasteiger partial charge >= 0.3 is 0 Å². The van der Waals surface area contributed by atoms with E-state index in [-0.39, 0.29) is 28.9 Å². The molecule has 0 saturated carbocycles. The summed E-state index contributed by atoms with van der Waals surface area (Å²) in [5.74, 6) is -0.359. The summed E-state index contributed by atoms with van der Waals surface area (Å²) in [4.78, 5) is 27.2. The van der Waals surface area contributed by atoms with Gasteiger partial charge in [0.25, 0.3) is 0 Å². The molecule has 1 N–H and O–H groups in total. The first-order valence-corrected chi connectivity index (χ1v) is 9.99. The van der Waals surface area contributed by atoms with Crippen molar-refractivity contribution in [2.45, 2.75) is 45.4 Å². The predicted molar refractivity (Wildman–Crippen MR) is 110 cm³/mol. The molecular weight excluding hydrogens is 364 g/mol. The molecule has 1 fully saturated rings. The lowest BCUT2D eigenvalue weighted by Gasteiger charge is -2.39. The Balaban J connectivity index is 1.86. The minimum absolute atomic E-state index is 0.0586. The van der Waals surface area contributed by atoms with Crippen LogP contribution in [-0.2, 0) is 9.59 Å². The fourth-order valence-electron chi connectivity index (χ4n) is 4.36. The Morgan fingerprint density at radius 2 is 1.72 bits per heavy atom. The van der Waals surface area contributed by atoms with Gasteiger partial charge in [0.2, 0.25) is 5.91 Å².